The molecule has 3 aromatic carbocycles. The smallest absolute Gasteiger partial charge is 0.305 e. The highest BCUT2D eigenvalue weighted by atomic mass is 32.1. The number of carbonyl (C=O) groups is 4. The van der Waals surface area contributed by atoms with E-state index in [1.807, 2.05) is 63.5 Å². The fourth-order valence-corrected chi connectivity index (χ4v) is 11.0. The van der Waals surface area contributed by atoms with Crippen LogP contribution in [0.3, 0.4) is 0 Å². The number of β-amino-alcohol motifs (C(OH)–C–C–N with tert-alkyl or cyclic N) is 1. The number of aliphatic imine (C=N–C) groups is 1. The Hall–Kier alpha value is -6.50. The molecule has 5 atom stereocenters. The molecule has 360 valence electrons. The zero-order valence-corrected chi connectivity index (χ0v) is 41.4. The number of carbonyl (C=O) groups excluding carboxylic acids is 4. The number of fused-ring (bicyclic) bond motifs is 3. The van der Waals surface area contributed by atoms with Crippen LogP contribution in [-0.2, 0) is 19.1 Å². The Bertz CT molecular complexity index is 2990. The number of aliphatic hydroxyl groups excluding tert-OH is 1. The molecule has 3 N–H and O–H groups in total. The molecule has 1 fully saturated rings. The Labute approximate surface area is 406 Å². The molecule has 0 bridgehead atoms. The van der Waals surface area contributed by atoms with E-state index < -0.39 is 70.6 Å². The Morgan fingerprint density at radius 1 is 0.942 bits per heavy atom. The Morgan fingerprint density at radius 3 is 2.28 bits per heavy atom. The SMILES string of the molecule is COC(=O)CC[C@@H]1N=C(c2ccc(-c3cc(F)cc(C(=O)N[C@H](C(=O)N4C[C@H](O)C[C@H]4C(=O)N[C@@H](C)c4ccc(-c5scnc5C)cc4)C(C)(C)C)c3F)cc2)c2c(sc(C)c2C)-n2c(C)nnc21. The van der Waals surface area contributed by atoms with Crippen molar-refractivity contribution in [1.82, 2.24) is 35.3 Å². The van der Waals surface area contributed by atoms with E-state index in [1.54, 1.807) is 73.2 Å². The van der Waals surface area contributed by atoms with Crippen molar-refractivity contribution in [1.29, 1.82) is 0 Å². The number of ether oxygens (including phenoxy) is 1. The van der Waals surface area contributed by atoms with Crippen molar-refractivity contribution in [2.45, 2.75) is 105 Å². The number of amides is 3. The van der Waals surface area contributed by atoms with Crippen LogP contribution in [0.15, 0.2) is 71.2 Å². The van der Waals surface area contributed by atoms with Crippen LogP contribution in [-0.4, -0.2) is 91.0 Å². The van der Waals surface area contributed by atoms with Crippen LogP contribution >= 0.6 is 22.7 Å². The number of aromatic nitrogens is 4. The fourth-order valence-electron chi connectivity index (χ4n) is 8.93. The molecule has 1 saturated heterocycles. The van der Waals surface area contributed by atoms with E-state index in [0.717, 1.165) is 54.8 Å². The van der Waals surface area contributed by atoms with Crippen LogP contribution in [0.4, 0.5) is 8.78 Å². The van der Waals surface area contributed by atoms with Gasteiger partial charge in [-0.2, -0.15) is 0 Å². The maximum Gasteiger partial charge on any atom is 0.305 e. The van der Waals surface area contributed by atoms with Crippen molar-refractivity contribution in [3.8, 4) is 26.6 Å². The molecular weight excluding hydrogens is 923 g/mol. The summed E-state index contributed by atoms with van der Waals surface area (Å²) in [6, 6.07) is 12.9. The van der Waals surface area contributed by atoms with Crippen molar-refractivity contribution in [2.75, 3.05) is 13.7 Å². The lowest BCUT2D eigenvalue weighted by atomic mass is 9.85. The number of thiazole rings is 1. The molecule has 14 nitrogen and oxygen atoms in total. The van der Waals surface area contributed by atoms with Crippen LogP contribution in [0, 0.1) is 44.7 Å². The molecule has 69 heavy (non-hydrogen) atoms. The summed E-state index contributed by atoms with van der Waals surface area (Å²) in [5.74, 6) is -3.19. The highest BCUT2D eigenvalue weighted by molar-refractivity contribution is 7.15. The topological polar surface area (TPSA) is 181 Å². The molecule has 6 aromatic rings. The van der Waals surface area contributed by atoms with Gasteiger partial charge in [-0.3, -0.25) is 28.7 Å². The number of halogens is 2. The molecule has 18 heteroatoms. The summed E-state index contributed by atoms with van der Waals surface area (Å²) in [5, 5.41) is 26.1. The van der Waals surface area contributed by atoms with Crippen LogP contribution in [0.5, 0.6) is 0 Å². The molecule has 5 heterocycles. The number of aliphatic hydroxyl groups is 1. The molecule has 2 aliphatic heterocycles. The zero-order valence-electron chi connectivity index (χ0n) is 39.8. The average Bonchev–Trinajstić information content (AvgIpc) is 4.09. The van der Waals surface area contributed by atoms with E-state index >= 15 is 8.78 Å². The van der Waals surface area contributed by atoms with E-state index in [4.69, 9.17) is 9.73 Å². The largest absolute Gasteiger partial charge is 0.469 e. The number of esters is 1. The van der Waals surface area contributed by atoms with Gasteiger partial charge in [0.1, 0.15) is 40.6 Å². The lowest BCUT2D eigenvalue weighted by Gasteiger charge is -2.35. The molecule has 2 aliphatic rings. The van der Waals surface area contributed by atoms with Gasteiger partial charge in [0.05, 0.1) is 46.6 Å². The monoisotopic (exact) mass is 976 g/mol. The summed E-state index contributed by atoms with van der Waals surface area (Å²) in [6.07, 6.45) is -0.641. The molecule has 3 aromatic heterocycles. The molecule has 0 spiro atoms. The number of thiophene rings is 1. The maximum absolute atomic E-state index is 16.7. The summed E-state index contributed by atoms with van der Waals surface area (Å²) in [7, 11) is 1.33. The lowest BCUT2D eigenvalue weighted by molar-refractivity contribution is -0.142. The van der Waals surface area contributed by atoms with Gasteiger partial charge in [-0.25, -0.2) is 13.8 Å². The van der Waals surface area contributed by atoms with Crippen molar-refractivity contribution >= 4 is 52.1 Å². The molecule has 3 amide bonds. The van der Waals surface area contributed by atoms with Gasteiger partial charge in [0, 0.05) is 41.0 Å². The minimum atomic E-state index is -1.31. The molecule has 0 aliphatic carbocycles. The van der Waals surface area contributed by atoms with Crippen LogP contribution in [0.25, 0.3) is 26.6 Å². The van der Waals surface area contributed by atoms with Crippen LogP contribution < -0.4 is 10.6 Å². The van der Waals surface area contributed by atoms with E-state index in [9.17, 15) is 24.3 Å². The Balaban J connectivity index is 1.03. The number of aryl methyl sites for hydroxylation is 3. The number of hydrogen-bond donors (Lipinski definition) is 3. The van der Waals surface area contributed by atoms with Crippen molar-refractivity contribution in [3.63, 3.8) is 0 Å². The number of rotatable bonds is 12. The predicted octanol–water partition coefficient (Wildman–Crippen LogP) is 8.46. The number of methoxy groups -OCH3 is 1. The van der Waals surface area contributed by atoms with E-state index in [-0.39, 0.29) is 36.5 Å². The molecule has 8 rings (SSSR count). The first-order valence-electron chi connectivity index (χ1n) is 22.6. The standard InChI is InChI=1S/C51H54F2N8O6S2/c1-25-28(4)69-50-41(25)43(56-38(18-19-40(63)67-9)46-59-58-29(5)61(46)50)32-14-12-31(13-15-32)36-20-34(52)21-37(42(36)53)47(64)57-45(51(6,7)8)49(66)60-23-35(62)22-39(60)48(65)55-26(2)30-10-16-33(17-11-30)44-27(3)54-24-68-44/h10-17,20-21,24,26,35,38-39,45,62H,18-19,22-23H2,1-9H3,(H,55,65)(H,57,64)/t26-,35+,38-,39-,45+/m0/s1. The van der Waals surface area contributed by atoms with Gasteiger partial charge in [0.25, 0.3) is 5.91 Å². The minimum Gasteiger partial charge on any atom is -0.469 e. The van der Waals surface area contributed by atoms with Gasteiger partial charge in [0.15, 0.2) is 5.82 Å². The van der Waals surface area contributed by atoms with Gasteiger partial charge >= 0.3 is 5.97 Å². The second-order valence-corrected chi connectivity index (χ2v) is 20.8. The number of nitrogens with one attached hydrogen (secondary N) is 2. The third-order valence-electron chi connectivity index (χ3n) is 12.9. The molecule has 0 unspecified atom stereocenters. The summed E-state index contributed by atoms with van der Waals surface area (Å²) >= 11 is 3.11. The van der Waals surface area contributed by atoms with E-state index in [1.165, 1.54) is 12.0 Å². The summed E-state index contributed by atoms with van der Waals surface area (Å²) in [6.45, 7) is 14.6. The average molecular weight is 977 g/mol. The summed E-state index contributed by atoms with van der Waals surface area (Å²) in [5.41, 5.74) is 6.21. The maximum atomic E-state index is 16.7. The highest BCUT2D eigenvalue weighted by Gasteiger charge is 2.45. The number of hydrogen-bond acceptors (Lipinski definition) is 12. The van der Waals surface area contributed by atoms with Gasteiger partial charge in [0.2, 0.25) is 11.8 Å². The first-order valence-corrected chi connectivity index (χ1v) is 24.3. The van der Waals surface area contributed by atoms with Gasteiger partial charge in [-0.05, 0) is 80.8 Å². The lowest BCUT2D eigenvalue weighted by Crippen LogP contribution is -2.58. The second kappa shape index (κ2) is 19.5. The van der Waals surface area contributed by atoms with E-state index in [0.29, 0.717) is 29.3 Å². The van der Waals surface area contributed by atoms with E-state index in [2.05, 4.69) is 25.8 Å². The first kappa shape index (κ1) is 48.9. The van der Waals surface area contributed by atoms with Crippen molar-refractivity contribution in [2.24, 2.45) is 10.4 Å². The predicted molar refractivity (Wildman–Crippen MR) is 261 cm³/mol. The summed E-state index contributed by atoms with van der Waals surface area (Å²) in [4.78, 5) is 67.5. The van der Waals surface area contributed by atoms with Gasteiger partial charge < -0.3 is 25.4 Å². The second-order valence-electron chi connectivity index (χ2n) is 18.7. The van der Waals surface area contributed by atoms with Crippen molar-refractivity contribution < 1.29 is 37.8 Å². The molecule has 0 saturated carbocycles. The number of nitrogens with zero attached hydrogens (tertiary/aromatic N) is 6. The highest BCUT2D eigenvalue weighted by Crippen LogP contribution is 2.40. The third kappa shape index (κ3) is 9.74. The first-order chi connectivity index (χ1) is 32.7. The summed E-state index contributed by atoms with van der Waals surface area (Å²) < 4.78 is 39.1. The third-order valence-corrected chi connectivity index (χ3v) is 15.0. The van der Waals surface area contributed by atoms with Gasteiger partial charge in [-0.15, -0.1) is 32.9 Å². The Kier molecular flexibility index (Phi) is 13.8. The fraction of sp³-hybridized carbons (Fsp3) is 0.373. The normalized spacial score (nSPS) is 17.6. The van der Waals surface area contributed by atoms with Gasteiger partial charge in [-0.1, -0.05) is 69.3 Å². The zero-order chi connectivity index (χ0) is 49.6. The Morgan fingerprint density at radius 2 is 1.62 bits per heavy atom. The van der Waals surface area contributed by atoms with Crippen LogP contribution in [0.1, 0.15) is 114 Å². The molecular formula is C51H54F2N8O6S2. The van der Waals surface area contributed by atoms with Crippen molar-refractivity contribution in [3.05, 3.63) is 128 Å². The quantitative estimate of drug-likeness (QED) is 0.101. The molecule has 0 radical (unpaired) electrons. The number of benzene rings is 3. The minimum absolute atomic E-state index is 0.0292. The number of likely N-dealkylation sites (tertiary alicyclic amines) is 1. The van der Waals surface area contributed by atoms with Crippen LogP contribution in [0.2, 0.25) is 0 Å².